The number of nitrogens with one attached hydrogen (secondary N) is 1. The first-order valence-electron chi connectivity index (χ1n) is 7.24. The first-order valence-corrected chi connectivity index (χ1v) is 7.24. The van der Waals surface area contributed by atoms with Crippen molar-refractivity contribution < 1.29 is 9.59 Å². The second-order valence-electron chi connectivity index (χ2n) is 5.88. The maximum absolute atomic E-state index is 12.7. The van der Waals surface area contributed by atoms with E-state index < -0.39 is 0 Å². The number of benzene rings is 1. The van der Waals surface area contributed by atoms with Gasteiger partial charge in [0.2, 0.25) is 0 Å². The summed E-state index contributed by atoms with van der Waals surface area (Å²) in [6.07, 6.45) is 1.89. The summed E-state index contributed by atoms with van der Waals surface area (Å²) < 4.78 is 0. The molecule has 1 aromatic carbocycles. The highest BCUT2D eigenvalue weighted by atomic mass is 16.2. The van der Waals surface area contributed by atoms with Crippen molar-refractivity contribution in [2.45, 2.75) is 45.7 Å². The van der Waals surface area contributed by atoms with Gasteiger partial charge in [0.05, 0.1) is 17.2 Å². The molecule has 0 aromatic heterocycles. The fourth-order valence-corrected chi connectivity index (χ4v) is 3.38. The van der Waals surface area contributed by atoms with Crippen LogP contribution < -0.4 is 5.32 Å². The molecule has 3 rings (SSSR count). The summed E-state index contributed by atoms with van der Waals surface area (Å²) in [6.45, 7) is 6.80. The Morgan fingerprint density at radius 3 is 2.15 bits per heavy atom. The van der Waals surface area contributed by atoms with Crippen LogP contribution in [0.15, 0.2) is 12.1 Å². The van der Waals surface area contributed by atoms with E-state index in [1.807, 2.05) is 32.9 Å². The van der Waals surface area contributed by atoms with E-state index in [-0.39, 0.29) is 23.9 Å². The first-order chi connectivity index (χ1) is 9.52. The number of piperidine rings is 1. The van der Waals surface area contributed by atoms with Crippen LogP contribution in [0, 0.1) is 13.8 Å². The first kappa shape index (κ1) is 13.3. The van der Waals surface area contributed by atoms with E-state index in [1.54, 1.807) is 0 Å². The Kier molecular flexibility index (Phi) is 3.13. The fraction of sp³-hybridized carbons (Fsp3) is 0.500. The van der Waals surface area contributed by atoms with Crippen LogP contribution in [-0.2, 0) is 0 Å². The van der Waals surface area contributed by atoms with Crippen molar-refractivity contribution in [1.29, 1.82) is 0 Å². The van der Waals surface area contributed by atoms with Gasteiger partial charge in [0, 0.05) is 6.04 Å². The van der Waals surface area contributed by atoms with Gasteiger partial charge < -0.3 is 5.32 Å². The Labute approximate surface area is 119 Å². The van der Waals surface area contributed by atoms with Gasteiger partial charge >= 0.3 is 0 Å². The highest BCUT2D eigenvalue weighted by Gasteiger charge is 2.43. The molecular weight excluding hydrogens is 252 g/mol. The Balaban J connectivity index is 2.05. The standard InChI is InChI=1S/C16H20N2O2/c1-9-6-7-10(2)14-13(9)15(19)18(16(14)20)12-5-4-8-17-11(12)3/h6-7,11-12,17H,4-5,8H2,1-3H3. The van der Waals surface area contributed by atoms with E-state index in [2.05, 4.69) is 5.32 Å². The molecule has 0 spiro atoms. The molecule has 106 valence electrons. The van der Waals surface area contributed by atoms with Crippen molar-refractivity contribution in [3.8, 4) is 0 Å². The average Bonchev–Trinajstić information content (AvgIpc) is 2.68. The van der Waals surface area contributed by atoms with Crippen LogP contribution in [0.3, 0.4) is 0 Å². The molecule has 2 aliphatic rings. The zero-order chi connectivity index (χ0) is 14.4. The molecular formula is C16H20N2O2. The van der Waals surface area contributed by atoms with Gasteiger partial charge in [-0.3, -0.25) is 14.5 Å². The topological polar surface area (TPSA) is 49.4 Å². The summed E-state index contributed by atoms with van der Waals surface area (Å²) in [5.74, 6) is -0.237. The number of nitrogens with zero attached hydrogens (tertiary/aromatic N) is 1. The van der Waals surface area contributed by atoms with Gasteiger partial charge in [0.1, 0.15) is 0 Å². The monoisotopic (exact) mass is 272 g/mol. The Morgan fingerprint density at radius 1 is 1.10 bits per heavy atom. The zero-order valence-corrected chi connectivity index (χ0v) is 12.2. The average molecular weight is 272 g/mol. The van der Waals surface area contributed by atoms with E-state index in [1.165, 1.54) is 4.90 Å². The predicted molar refractivity (Wildman–Crippen MR) is 76.9 cm³/mol. The van der Waals surface area contributed by atoms with Crippen molar-refractivity contribution in [3.63, 3.8) is 0 Å². The third-order valence-corrected chi connectivity index (χ3v) is 4.54. The molecule has 2 heterocycles. The van der Waals surface area contributed by atoms with Gasteiger partial charge in [0.25, 0.3) is 11.8 Å². The summed E-state index contributed by atoms with van der Waals surface area (Å²) >= 11 is 0. The minimum atomic E-state index is -0.119. The van der Waals surface area contributed by atoms with Gasteiger partial charge in [-0.15, -0.1) is 0 Å². The summed E-state index contributed by atoms with van der Waals surface area (Å²) in [5.41, 5.74) is 2.99. The maximum atomic E-state index is 12.7. The van der Waals surface area contributed by atoms with Crippen molar-refractivity contribution in [2.75, 3.05) is 6.54 Å². The maximum Gasteiger partial charge on any atom is 0.262 e. The van der Waals surface area contributed by atoms with Crippen LogP contribution in [0.5, 0.6) is 0 Å². The Morgan fingerprint density at radius 2 is 1.65 bits per heavy atom. The number of hydrogen-bond acceptors (Lipinski definition) is 3. The number of fused-ring (bicyclic) bond motifs is 1. The Hall–Kier alpha value is -1.68. The van der Waals surface area contributed by atoms with Crippen LogP contribution in [0.2, 0.25) is 0 Å². The summed E-state index contributed by atoms with van der Waals surface area (Å²) in [5, 5.41) is 3.36. The third kappa shape index (κ3) is 1.79. The molecule has 1 saturated heterocycles. The lowest BCUT2D eigenvalue weighted by molar-refractivity contribution is 0.0520. The molecule has 2 amide bonds. The molecule has 1 fully saturated rings. The molecule has 2 atom stereocenters. The van der Waals surface area contributed by atoms with Crippen LogP contribution in [0.4, 0.5) is 0 Å². The lowest BCUT2D eigenvalue weighted by Crippen LogP contribution is -2.54. The van der Waals surface area contributed by atoms with Gasteiger partial charge in [0.15, 0.2) is 0 Å². The van der Waals surface area contributed by atoms with Gasteiger partial charge in [-0.25, -0.2) is 0 Å². The van der Waals surface area contributed by atoms with E-state index in [4.69, 9.17) is 0 Å². The minimum Gasteiger partial charge on any atom is -0.312 e. The van der Waals surface area contributed by atoms with E-state index in [0.717, 1.165) is 30.5 Å². The van der Waals surface area contributed by atoms with Crippen molar-refractivity contribution in [3.05, 3.63) is 34.4 Å². The molecule has 2 aliphatic heterocycles. The lowest BCUT2D eigenvalue weighted by Gasteiger charge is -2.35. The number of carbonyl (C=O) groups is 2. The highest BCUT2D eigenvalue weighted by molar-refractivity contribution is 6.22. The molecule has 4 nitrogen and oxygen atoms in total. The minimum absolute atomic E-state index is 0.0325. The predicted octanol–water partition coefficient (Wildman–Crippen LogP) is 2.04. The molecule has 1 aromatic rings. The number of carbonyl (C=O) groups excluding carboxylic acids is 2. The van der Waals surface area contributed by atoms with Gasteiger partial charge in [-0.1, -0.05) is 12.1 Å². The Bertz CT molecular complexity index is 553. The summed E-state index contributed by atoms with van der Waals surface area (Å²) in [4.78, 5) is 26.9. The summed E-state index contributed by atoms with van der Waals surface area (Å²) in [7, 11) is 0. The van der Waals surface area contributed by atoms with Crippen molar-refractivity contribution in [2.24, 2.45) is 0 Å². The fourth-order valence-electron chi connectivity index (χ4n) is 3.38. The normalized spacial score (nSPS) is 26.1. The number of imide groups is 1. The quantitative estimate of drug-likeness (QED) is 0.796. The van der Waals surface area contributed by atoms with Crippen LogP contribution in [0.25, 0.3) is 0 Å². The van der Waals surface area contributed by atoms with Crippen LogP contribution in [-0.4, -0.2) is 35.3 Å². The molecule has 0 bridgehead atoms. The second-order valence-corrected chi connectivity index (χ2v) is 5.88. The molecule has 4 heteroatoms. The molecule has 0 radical (unpaired) electrons. The third-order valence-electron chi connectivity index (χ3n) is 4.54. The van der Waals surface area contributed by atoms with Crippen molar-refractivity contribution in [1.82, 2.24) is 10.2 Å². The SMILES string of the molecule is Cc1ccc(C)c2c1C(=O)N(C1CCCNC1C)C2=O. The molecule has 2 unspecified atom stereocenters. The van der Waals surface area contributed by atoms with E-state index in [0.29, 0.717) is 11.1 Å². The smallest absolute Gasteiger partial charge is 0.262 e. The van der Waals surface area contributed by atoms with Gasteiger partial charge in [-0.2, -0.15) is 0 Å². The zero-order valence-electron chi connectivity index (χ0n) is 12.2. The number of amides is 2. The lowest BCUT2D eigenvalue weighted by atomic mass is 9.98. The molecule has 0 saturated carbocycles. The number of hydrogen-bond donors (Lipinski definition) is 1. The van der Waals surface area contributed by atoms with Crippen LogP contribution >= 0.6 is 0 Å². The van der Waals surface area contributed by atoms with E-state index >= 15 is 0 Å². The molecule has 20 heavy (non-hydrogen) atoms. The van der Waals surface area contributed by atoms with E-state index in [9.17, 15) is 9.59 Å². The van der Waals surface area contributed by atoms with Crippen molar-refractivity contribution >= 4 is 11.8 Å². The number of rotatable bonds is 1. The molecule has 1 N–H and O–H groups in total. The largest absolute Gasteiger partial charge is 0.312 e. The second kappa shape index (κ2) is 4.70. The number of aryl methyl sites for hydroxylation is 2. The highest BCUT2D eigenvalue weighted by Crippen LogP contribution is 2.32. The van der Waals surface area contributed by atoms with Gasteiger partial charge in [-0.05, 0) is 51.3 Å². The summed E-state index contributed by atoms with van der Waals surface area (Å²) in [6, 6.07) is 3.97. The van der Waals surface area contributed by atoms with Crippen LogP contribution in [0.1, 0.15) is 51.6 Å². The molecule has 0 aliphatic carbocycles.